The Morgan fingerprint density at radius 2 is 1.92 bits per heavy atom. The maximum absolute atomic E-state index is 12.0. The van der Waals surface area contributed by atoms with E-state index in [1.807, 2.05) is 6.92 Å². The molecule has 8 heteroatoms. The summed E-state index contributed by atoms with van der Waals surface area (Å²) in [5.74, 6) is 2.26. The highest BCUT2D eigenvalue weighted by atomic mass is 32.2. The number of carbonyl (C=O) groups excluding carboxylic acids is 1. The molecular weight excluding hydrogens is 340 g/mol. The van der Waals surface area contributed by atoms with E-state index < -0.39 is 9.84 Å². The van der Waals surface area contributed by atoms with Crippen LogP contribution in [0.2, 0.25) is 0 Å². The van der Waals surface area contributed by atoms with E-state index in [-0.39, 0.29) is 29.9 Å². The van der Waals surface area contributed by atoms with E-state index >= 15 is 0 Å². The van der Waals surface area contributed by atoms with Crippen LogP contribution in [0.15, 0.2) is 4.99 Å². The minimum Gasteiger partial charge on any atom is -0.357 e. The molecule has 0 bridgehead atoms. The van der Waals surface area contributed by atoms with Crippen LogP contribution in [0.1, 0.15) is 40.0 Å². The summed E-state index contributed by atoms with van der Waals surface area (Å²) >= 11 is 0. The number of guanidine groups is 1. The van der Waals surface area contributed by atoms with E-state index in [1.165, 1.54) is 6.42 Å². The van der Waals surface area contributed by atoms with E-state index in [4.69, 9.17) is 0 Å². The third kappa shape index (κ3) is 6.49. The fourth-order valence-corrected chi connectivity index (χ4v) is 5.41. The van der Waals surface area contributed by atoms with E-state index in [0.29, 0.717) is 24.8 Å². The van der Waals surface area contributed by atoms with Gasteiger partial charge < -0.3 is 15.5 Å². The van der Waals surface area contributed by atoms with Crippen molar-refractivity contribution in [2.75, 3.05) is 37.7 Å². The third-order valence-corrected chi connectivity index (χ3v) is 6.47. The lowest BCUT2D eigenvalue weighted by molar-refractivity contribution is -0.121. The molecule has 3 unspecified atom stereocenters. The number of amides is 1. The molecule has 2 N–H and O–H groups in total. The van der Waals surface area contributed by atoms with Gasteiger partial charge in [-0.05, 0) is 31.6 Å². The summed E-state index contributed by atoms with van der Waals surface area (Å²) in [6, 6.07) is -0.237. The van der Waals surface area contributed by atoms with Crippen LogP contribution in [0.5, 0.6) is 0 Å². The molecule has 7 nitrogen and oxygen atoms in total. The summed E-state index contributed by atoms with van der Waals surface area (Å²) in [6.45, 7) is 9.74. The Labute approximate surface area is 151 Å². The Kier molecular flexibility index (Phi) is 7.10. The molecule has 0 radical (unpaired) electrons. The molecule has 0 spiro atoms. The minimum absolute atomic E-state index is 0.0637. The van der Waals surface area contributed by atoms with E-state index in [1.54, 1.807) is 0 Å². The van der Waals surface area contributed by atoms with Crippen molar-refractivity contribution in [3.63, 3.8) is 0 Å². The fraction of sp³-hybridized carbons (Fsp3) is 0.882. The highest BCUT2D eigenvalue weighted by Crippen LogP contribution is 2.20. The topological polar surface area (TPSA) is 90.9 Å². The van der Waals surface area contributed by atoms with Gasteiger partial charge in [-0.3, -0.25) is 9.79 Å². The number of hydrogen-bond acceptors (Lipinski definition) is 4. The van der Waals surface area contributed by atoms with E-state index in [0.717, 1.165) is 25.6 Å². The molecular formula is C17H32N4O3S. The number of likely N-dealkylation sites (tertiary alicyclic amines) is 1. The second kappa shape index (κ2) is 8.87. The standard InChI is InChI=1S/C17H32N4O3S/c1-4-18-17(21-10-13(2)9-14(3)11-21)19-7-5-16(22)20-15-6-8-25(23,24)12-15/h13-15H,4-12H2,1-3H3,(H,18,19)(H,20,22). The van der Waals surface area contributed by atoms with Gasteiger partial charge in [-0.1, -0.05) is 13.8 Å². The molecule has 0 aromatic carbocycles. The largest absolute Gasteiger partial charge is 0.357 e. The summed E-state index contributed by atoms with van der Waals surface area (Å²) < 4.78 is 22.9. The first kappa shape index (κ1) is 20.0. The SMILES string of the molecule is CCNC(=NCCC(=O)NC1CCS(=O)(=O)C1)N1CC(C)CC(C)C1. The molecule has 25 heavy (non-hydrogen) atoms. The van der Waals surface area contributed by atoms with Gasteiger partial charge in [0.1, 0.15) is 0 Å². The van der Waals surface area contributed by atoms with Crippen molar-refractivity contribution in [2.24, 2.45) is 16.8 Å². The Balaban J connectivity index is 1.83. The van der Waals surface area contributed by atoms with Crippen LogP contribution in [0.3, 0.4) is 0 Å². The van der Waals surface area contributed by atoms with E-state index in [2.05, 4.69) is 34.4 Å². The van der Waals surface area contributed by atoms with Crippen LogP contribution in [0.25, 0.3) is 0 Å². The molecule has 2 aliphatic heterocycles. The first-order chi connectivity index (χ1) is 11.8. The number of nitrogens with zero attached hydrogens (tertiary/aromatic N) is 2. The summed E-state index contributed by atoms with van der Waals surface area (Å²) in [4.78, 5) is 18.9. The zero-order chi connectivity index (χ0) is 18.4. The Bertz CT molecular complexity index is 581. The van der Waals surface area contributed by atoms with Gasteiger partial charge in [0.25, 0.3) is 0 Å². The molecule has 3 atom stereocenters. The summed E-state index contributed by atoms with van der Waals surface area (Å²) in [6.07, 6.45) is 2.04. The van der Waals surface area contributed by atoms with Gasteiger partial charge >= 0.3 is 0 Å². The van der Waals surface area contributed by atoms with Crippen LogP contribution in [-0.4, -0.2) is 68.9 Å². The lowest BCUT2D eigenvalue weighted by Crippen LogP contribution is -2.48. The second-order valence-corrected chi connectivity index (χ2v) is 9.73. The van der Waals surface area contributed by atoms with Crippen LogP contribution >= 0.6 is 0 Å². The molecule has 2 heterocycles. The maximum atomic E-state index is 12.0. The van der Waals surface area contributed by atoms with Gasteiger partial charge in [-0.15, -0.1) is 0 Å². The van der Waals surface area contributed by atoms with Crippen molar-refractivity contribution in [1.82, 2.24) is 15.5 Å². The molecule has 0 aromatic heterocycles. The lowest BCUT2D eigenvalue weighted by atomic mass is 9.92. The molecule has 0 aromatic rings. The Morgan fingerprint density at radius 1 is 1.24 bits per heavy atom. The van der Waals surface area contributed by atoms with Crippen molar-refractivity contribution in [3.05, 3.63) is 0 Å². The number of aliphatic imine (C=N–C) groups is 1. The van der Waals surface area contributed by atoms with Crippen molar-refractivity contribution in [1.29, 1.82) is 0 Å². The number of nitrogens with one attached hydrogen (secondary N) is 2. The predicted molar refractivity (Wildman–Crippen MR) is 100 cm³/mol. The number of sulfone groups is 1. The normalized spacial score (nSPS) is 29.5. The minimum atomic E-state index is -2.97. The van der Waals surface area contributed by atoms with Crippen molar-refractivity contribution >= 4 is 21.7 Å². The number of piperidine rings is 1. The van der Waals surface area contributed by atoms with Gasteiger partial charge in [0.2, 0.25) is 5.91 Å². The average molecular weight is 373 g/mol. The first-order valence-corrected chi connectivity index (χ1v) is 11.1. The number of rotatable bonds is 5. The second-order valence-electron chi connectivity index (χ2n) is 7.50. The van der Waals surface area contributed by atoms with Crippen LogP contribution < -0.4 is 10.6 Å². The summed E-state index contributed by atoms with van der Waals surface area (Å²) in [5, 5.41) is 6.13. The fourth-order valence-electron chi connectivity index (χ4n) is 3.73. The molecule has 2 fully saturated rings. The van der Waals surface area contributed by atoms with Gasteiger partial charge in [-0.2, -0.15) is 0 Å². The summed E-state index contributed by atoms with van der Waals surface area (Å²) in [7, 11) is -2.97. The average Bonchev–Trinajstić information content (AvgIpc) is 2.84. The number of hydrogen-bond donors (Lipinski definition) is 2. The smallest absolute Gasteiger partial charge is 0.222 e. The lowest BCUT2D eigenvalue weighted by Gasteiger charge is -2.37. The van der Waals surface area contributed by atoms with Gasteiger partial charge in [0, 0.05) is 32.1 Å². The zero-order valence-electron chi connectivity index (χ0n) is 15.6. The van der Waals surface area contributed by atoms with Crippen molar-refractivity contribution in [3.8, 4) is 0 Å². The van der Waals surface area contributed by atoms with Crippen LogP contribution in [0.4, 0.5) is 0 Å². The maximum Gasteiger partial charge on any atom is 0.222 e. The van der Waals surface area contributed by atoms with Crippen molar-refractivity contribution < 1.29 is 13.2 Å². The quantitative estimate of drug-likeness (QED) is 0.545. The molecule has 2 saturated heterocycles. The van der Waals surface area contributed by atoms with Gasteiger partial charge in [-0.25, -0.2) is 8.42 Å². The summed E-state index contributed by atoms with van der Waals surface area (Å²) in [5.41, 5.74) is 0. The van der Waals surface area contributed by atoms with Gasteiger partial charge in [0.15, 0.2) is 15.8 Å². The Morgan fingerprint density at radius 3 is 2.48 bits per heavy atom. The molecule has 2 aliphatic rings. The third-order valence-electron chi connectivity index (χ3n) is 4.70. The zero-order valence-corrected chi connectivity index (χ0v) is 16.4. The first-order valence-electron chi connectivity index (χ1n) is 9.32. The predicted octanol–water partition coefficient (Wildman–Crippen LogP) is 0.623. The van der Waals surface area contributed by atoms with Crippen LogP contribution in [-0.2, 0) is 14.6 Å². The van der Waals surface area contributed by atoms with Gasteiger partial charge in [0.05, 0.1) is 18.1 Å². The highest BCUT2D eigenvalue weighted by molar-refractivity contribution is 7.91. The van der Waals surface area contributed by atoms with Crippen LogP contribution in [0, 0.1) is 11.8 Å². The Hall–Kier alpha value is -1.31. The molecule has 1 amide bonds. The molecule has 2 rings (SSSR count). The highest BCUT2D eigenvalue weighted by Gasteiger charge is 2.28. The molecule has 0 aliphatic carbocycles. The number of carbonyl (C=O) groups is 1. The van der Waals surface area contributed by atoms with Crippen molar-refractivity contribution in [2.45, 2.75) is 46.1 Å². The monoisotopic (exact) mass is 372 g/mol. The molecule has 0 saturated carbocycles. The molecule has 144 valence electrons. The van der Waals surface area contributed by atoms with E-state index in [9.17, 15) is 13.2 Å².